The lowest BCUT2D eigenvalue weighted by Crippen LogP contribution is -2.15. The van der Waals surface area contributed by atoms with Gasteiger partial charge in [-0.05, 0) is 25.2 Å². The SMILES string of the molecule is CC(SCC1(CC#N)CC1)C(=O)O. The number of aliphatic carboxylic acids is 1. The number of nitrogens with zero attached hydrogens (tertiary/aromatic N) is 1. The number of hydrogen-bond acceptors (Lipinski definition) is 3. The molecule has 0 saturated heterocycles. The highest BCUT2D eigenvalue weighted by Gasteiger charge is 2.42. The average molecular weight is 199 g/mol. The van der Waals surface area contributed by atoms with Crippen LogP contribution in [0.5, 0.6) is 0 Å². The van der Waals surface area contributed by atoms with Crippen LogP contribution in [0.1, 0.15) is 26.2 Å². The van der Waals surface area contributed by atoms with E-state index in [1.807, 2.05) is 0 Å². The first-order valence-electron chi connectivity index (χ1n) is 4.31. The Hall–Kier alpha value is -0.690. The highest BCUT2D eigenvalue weighted by molar-refractivity contribution is 8.00. The van der Waals surface area contributed by atoms with E-state index in [9.17, 15) is 4.79 Å². The standard InChI is InChI=1S/C9H13NO2S/c1-7(8(11)12)13-6-9(2-3-9)4-5-10/h7H,2-4,6H2,1H3,(H,11,12). The molecule has 1 saturated carbocycles. The summed E-state index contributed by atoms with van der Waals surface area (Å²) < 4.78 is 0. The average Bonchev–Trinajstić information content (AvgIpc) is 2.82. The van der Waals surface area contributed by atoms with Crippen molar-refractivity contribution in [1.82, 2.24) is 0 Å². The zero-order valence-corrected chi connectivity index (χ0v) is 8.43. The van der Waals surface area contributed by atoms with Crippen LogP contribution in [0.4, 0.5) is 0 Å². The third-order valence-corrected chi connectivity index (χ3v) is 3.88. The van der Waals surface area contributed by atoms with Crippen LogP contribution < -0.4 is 0 Å². The summed E-state index contributed by atoms with van der Waals surface area (Å²) in [6.45, 7) is 1.69. The first kappa shape index (κ1) is 10.4. The van der Waals surface area contributed by atoms with Crippen LogP contribution >= 0.6 is 11.8 Å². The van der Waals surface area contributed by atoms with Gasteiger partial charge in [0.1, 0.15) is 0 Å². The summed E-state index contributed by atoms with van der Waals surface area (Å²) in [4.78, 5) is 10.5. The number of carboxylic acid groups (broad SMARTS) is 1. The van der Waals surface area contributed by atoms with Gasteiger partial charge >= 0.3 is 5.97 Å². The Morgan fingerprint density at radius 3 is 2.77 bits per heavy atom. The molecule has 0 amide bonds. The minimum absolute atomic E-state index is 0.156. The summed E-state index contributed by atoms with van der Waals surface area (Å²) in [6.07, 6.45) is 2.74. The molecule has 72 valence electrons. The number of carbonyl (C=O) groups is 1. The van der Waals surface area contributed by atoms with Crippen LogP contribution in [0.3, 0.4) is 0 Å². The van der Waals surface area contributed by atoms with Gasteiger partial charge in [-0.3, -0.25) is 4.79 Å². The molecule has 1 rings (SSSR count). The smallest absolute Gasteiger partial charge is 0.316 e. The fourth-order valence-electron chi connectivity index (χ4n) is 1.09. The van der Waals surface area contributed by atoms with E-state index in [0.717, 1.165) is 18.6 Å². The van der Waals surface area contributed by atoms with Crippen LogP contribution in [-0.2, 0) is 4.79 Å². The molecule has 1 aliphatic carbocycles. The van der Waals surface area contributed by atoms with Crippen LogP contribution in [0.2, 0.25) is 0 Å². The van der Waals surface area contributed by atoms with Gasteiger partial charge in [0.05, 0.1) is 11.3 Å². The maximum atomic E-state index is 10.5. The minimum Gasteiger partial charge on any atom is -0.480 e. The summed E-state index contributed by atoms with van der Waals surface area (Å²) in [7, 11) is 0. The number of hydrogen-bond donors (Lipinski definition) is 1. The van der Waals surface area contributed by atoms with E-state index >= 15 is 0 Å². The molecule has 3 nitrogen and oxygen atoms in total. The maximum Gasteiger partial charge on any atom is 0.316 e. The van der Waals surface area contributed by atoms with Crippen LogP contribution in [0, 0.1) is 16.7 Å². The van der Waals surface area contributed by atoms with Gasteiger partial charge in [0.2, 0.25) is 0 Å². The largest absolute Gasteiger partial charge is 0.480 e. The second-order valence-electron chi connectivity index (χ2n) is 3.63. The minimum atomic E-state index is -0.766. The van der Waals surface area contributed by atoms with Gasteiger partial charge < -0.3 is 5.11 Å². The lowest BCUT2D eigenvalue weighted by Gasteiger charge is -2.12. The van der Waals surface area contributed by atoms with Crippen molar-refractivity contribution < 1.29 is 9.90 Å². The Labute approximate surface area is 82.1 Å². The summed E-state index contributed by atoms with van der Waals surface area (Å²) >= 11 is 1.44. The van der Waals surface area contributed by atoms with Gasteiger partial charge in [0.25, 0.3) is 0 Å². The Morgan fingerprint density at radius 2 is 2.38 bits per heavy atom. The molecular weight excluding hydrogens is 186 g/mol. The van der Waals surface area contributed by atoms with E-state index in [1.54, 1.807) is 6.92 Å². The second kappa shape index (κ2) is 4.01. The summed E-state index contributed by atoms with van der Waals surface area (Å²) in [5, 5.41) is 16.8. The van der Waals surface area contributed by atoms with Crippen molar-refractivity contribution in [3.05, 3.63) is 0 Å². The Morgan fingerprint density at radius 1 is 1.77 bits per heavy atom. The summed E-state index contributed by atoms with van der Waals surface area (Å²) in [5.74, 6) is 0.0476. The van der Waals surface area contributed by atoms with E-state index in [4.69, 9.17) is 10.4 Å². The van der Waals surface area contributed by atoms with E-state index < -0.39 is 5.97 Å². The first-order chi connectivity index (χ1) is 6.09. The van der Waals surface area contributed by atoms with Crippen molar-refractivity contribution in [2.24, 2.45) is 5.41 Å². The van der Waals surface area contributed by atoms with E-state index in [0.29, 0.717) is 6.42 Å². The molecule has 0 aromatic carbocycles. The van der Waals surface area contributed by atoms with Crippen molar-refractivity contribution >= 4 is 17.7 Å². The van der Waals surface area contributed by atoms with Gasteiger partial charge in [0.15, 0.2) is 0 Å². The molecule has 0 aromatic rings. The molecule has 0 bridgehead atoms. The number of nitriles is 1. The summed E-state index contributed by atoms with van der Waals surface area (Å²) in [5.41, 5.74) is 0.156. The molecule has 1 aliphatic rings. The quantitative estimate of drug-likeness (QED) is 0.734. The van der Waals surface area contributed by atoms with Crippen molar-refractivity contribution in [3.63, 3.8) is 0 Å². The second-order valence-corrected chi connectivity index (χ2v) is 4.96. The van der Waals surface area contributed by atoms with Crippen molar-refractivity contribution in [1.29, 1.82) is 5.26 Å². The topological polar surface area (TPSA) is 61.1 Å². The highest BCUT2D eigenvalue weighted by Crippen LogP contribution is 2.51. The molecule has 1 N–H and O–H groups in total. The molecule has 0 aromatic heterocycles. The molecule has 1 unspecified atom stereocenters. The van der Waals surface area contributed by atoms with E-state index in [-0.39, 0.29) is 10.7 Å². The maximum absolute atomic E-state index is 10.5. The normalized spacial score (nSPS) is 20.3. The zero-order chi connectivity index (χ0) is 9.90. The van der Waals surface area contributed by atoms with Crippen LogP contribution in [0.15, 0.2) is 0 Å². The molecule has 0 spiro atoms. The monoisotopic (exact) mass is 199 g/mol. The highest BCUT2D eigenvalue weighted by atomic mass is 32.2. The molecule has 1 atom stereocenters. The lowest BCUT2D eigenvalue weighted by atomic mass is 10.1. The Bertz CT molecular complexity index is 242. The molecule has 0 heterocycles. The van der Waals surface area contributed by atoms with Crippen LogP contribution in [-0.4, -0.2) is 22.1 Å². The van der Waals surface area contributed by atoms with Gasteiger partial charge in [-0.15, -0.1) is 11.8 Å². The first-order valence-corrected chi connectivity index (χ1v) is 5.36. The molecular formula is C9H13NO2S. The van der Waals surface area contributed by atoms with Gasteiger partial charge in [-0.1, -0.05) is 0 Å². The van der Waals surface area contributed by atoms with E-state index in [1.165, 1.54) is 11.8 Å². The van der Waals surface area contributed by atoms with Crippen molar-refractivity contribution in [2.75, 3.05) is 5.75 Å². The predicted octanol–water partition coefficient (Wildman–Crippen LogP) is 1.89. The molecule has 0 radical (unpaired) electrons. The van der Waals surface area contributed by atoms with Crippen molar-refractivity contribution in [2.45, 2.75) is 31.4 Å². The predicted molar refractivity (Wildman–Crippen MR) is 51.5 cm³/mol. The number of rotatable bonds is 5. The lowest BCUT2D eigenvalue weighted by molar-refractivity contribution is -0.136. The number of carboxylic acids is 1. The molecule has 4 heteroatoms. The Balaban J connectivity index is 2.27. The van der Waals surface area contributed by atoms with Gasteiger partial charge in [-0.2, -0.15) is 5.26 Å². The zero-order valence-electron chi connectivity index (χ0n) is 7.62. The fourth-order valence-corrected chi connectivity index (χ4v) is 2.23. The number of thioether (sulfide) groups is 1. The Kier molecular flexibility index (Phi) is 3.21. The van der Waals surface area contributed by atoms with Gasteiger partial charge in [-0.25, -0.2) is 0 Å². The summed E-state index contributed by atoms with van der Waals surface area (Å²) in [6, 6.07) is 2.16. The van der Waals surface area contributed by atoms with Crippen molar-refractivity contribution in [3.8, 4) is 6.07 Å². The van der Waals surface area contributed by atoms with Crippen LogP contribution in [0.25, 0.3) is 0 Å². The molecule has 1 fully saturated rings. The van der Waals surface area contributed by atoms with Gasteiger partial charge in [0, 0.05) is 12.2 Å². The third-order valence-electron chi connectivity index (χ3n) is 2.40. The molecule has 13 heavy (non-hydrogen) atoms. The van der Waals surface area contributed by atoms with E-state index in [2.05, 4.69) is 6.07 Å². The third kappa shape index (κ3) is 2.92. The fraction of sp³-hybridized carbons (Fsp3) is 0.778. The molecule has 0 aliphatic heterocycles.